The second kappa shape index (κ2) is 8.08. The van der Waals surface area contributed by atoms with Crippen molar-refractivity contribution in [2.24, 2.45) is 0 Å². The number of benzene rings is 2. The summed E-state index contributed by atoms with van der Waals surface area (Å²) in [6.45, 7) is 5.05. The average Bonchev–Trinajstić information content (AvgIpc) is 2.64. The third-order valence-corrected chi connectivity index (χ3v) is 4.13. The van der Waals surface area contributed by atoms with Gasteiger partial charge in [-0.3, -0.25) is 4.79 Å². The van der Waals surface area contributed by atoms with Gasteiger partial charge in [0.05, 0.1) is 19.3 Å². The molecule has 24 heavy (non-hydrogen) atoms. The Morgan fingerprint density at radius 1 is 1.17 bits per heavy atom. The topological polar surface area (TPSA) is 47.6 Å². The van der Waals surface area contributed by atoms with E-state index in [9.17, 15) is 4.79 Å². The first kappa shape index (κ1) is 16.7. The molecule has 1 saturated heterocycles. The fraction of sp³-hybridized carbons (Fsp3) is 0.350. The van der Waals surface area contributed by atoms with Crippen molar-refractivity contribution in [2.45, 2.75) is 19.4 Å². The Morgan fingerprint density at radius 3 is 2.54 bits per heavy atom. The molecule has 1 unspecified atom stereocenters. The number of carbonyl (C=O) groups is 1. The van der Waals surface area contributed by atoms with Crippen molar-refractivity contribution in [1.29, 1.82) is 0 Å². The lowest BCUT2D eigenvalue weighted by molar-refractivity contribution is 0.0277. The van der Waals surface area contributed by atoms with E-state index in [4.69, 9.17) is 9.47 Å². The zero-order valence-corrected chi connectivity index (χ0v) is 14.0. The van der Waals surface area contributed by atoms with Gasteiger partial charge >= 0.3 is 0 Å². The van der Waals surface area contributed by atoms with Gasteiger partial charge in [0.15, 0.2) is 5.78 Å². The molecule has 126 valence electrons. The van der Waals surface area contributed by atoms with E-state index in [0.29, 0.717) is 18.6 Å². The van der Waals surface area contributed by atoms with Crippen LogP contribution in [0.3, 0.4) is 0 Å². The number of nitrogens with one attached hydrogen (secondary N) is 1. The number of ether oxygens (including phenoxy) is 2. The zero-order valence-electron chi connectivity index (χ0n) is 14.0. The monoisotopic (exact) mass is 325 g/mol. The van der Waals surface area contributed by atoms with Gasteiger partial charge in [-0.25, -0.2) is 0 Å². The molecule has 0 amide bonds. The van der Waals surface area contributed by atoms with E-state index < -0.39 is 0 Å². The summed E-state index contributed by atoms with van der Waals surface area (Å²) in [5.74, 6) is 0.904. The highest BCUT2D eigenvalue weighted by Gasteiger charge is 2.15. The van der Waals surface area contributed by atoms with E-state index in [1.165, 1.54) is 0 Å². The summed E-state index contributed by atoms with van der Waals surface area (Å²) in [5.41, 5.74) is 2.88. The molecule has 0 aromatic heterocycles. The predicted molar refractivity (Wildman–Crippen MR) is 93.7 cm³/mol. The van der Waals surface area contributed by atoms with Crippen molar-refractivity contribution in [3.05, 3.63) is 65.2 Å². The average molecular weight is 325 g/mol. The van der Waals surface area contributed by atoms with Crippen LogP contribution in [0.25, 0.3) is 0 Å². The standard InChI is InChI=1S/C20H23NO3/c1-2-23-18-9-7-16(8-10-18)19(22)13-15-3-5-17(6-4-15)20-14-21-11-12-24-20/h3-10,20-21H,2,11-14H2,1H3. The van der Waals surface area contributed by atoms with Crippen LogP contribution in [0.1, 0.15) is 34.5 Å². The van der Waals surface area contributed by atoms with Gasteiger partial charge in [-0.15, -0.1) is 0 Å². The molecule has 1 fully saturated rings. The number of ketones is 1. The highest BCUT2D eigenvalue weighted by atomic mass is 16.5. The first-order chi connectivity index (χ1) is 11.8. The number of carbonyl (C=O) groups excluding carboxylic acids is 1. The molecule has 0 aliphatic carbocycles. The van der Waals surface area contributed by atoms with Gasteiger partial charge in [0, 0.05) is 25.1 Å². The van der Waals surface area contributed by atoms with Crippen LogP contribution in [0.2, 0.25) is 0 Å². The summed E-state index contributed by atoms with van der Waals surface area (Å²) in [5, 5.41) is 3.33. The first-order valence-corrected chi connectivity index (χ1v) is 8.43. The van der Waals surface area contributed by atoms with E-state index in [-0.39, 0.29) is 11.9 Å². The molecule has 4 nitrogen and oxygen atoms in total. The lowest BCUT2D eigenvalue weighted by Gasteiger charge is -2.24. The summed E-state index contributed by atoms with van der Waals surface area (Å²) in [6, 6.07) is 15.5. The molecule has 2 aromatic rings. The van der Waals surface area contributed by atoms with Gasteiger partial charge in [-0.1, -0.05) is 24.3 Å². The highest BCUT2D eigenvalue weighted by molar-refractivity contribution is 5.97. The fourth-order valence-electron chi connectivity index (χ4n) is 2.82. The summed E-state index contributed by atoms with van der Waals surface area (Å²) in [7, 11) is 0. The Morgan fingerprint density at radius 2 is 1.92 bits per heavy atom. The van der Waals surface area contributed by atoms with Crippen molar-refractivity contribution in [3.8, 4) is 5.75 Å². The van der Waals surface area contributed by atoms with Crippen LogP contribution in [-0.4, -0.2) is 32.1 Å². The van der Waals surface area contributed by atoms with Crippen molar-refractivity contribution in [2.75, 3.05) is 26.3 Å². The Labute approximate surface area is 142 Å². The van der Waals surface area contributed by atoms with Gasteiger partial charge in [0.25, 0.3) is 0 Å². The molecule has 0 spiro atoms. The molecule has 1 heterocycles. The van der Waals surface area contributed by atoms with Gasteiger partial charge in [-0.05, 0) is 42.3 Å². The predicted octanol–water partition coefficient (Wildman–Crippen LogP) is 3.17. The summed E-state index contributed by atoms with van der Waals surface area (Å²) >= 11 is 0. The second-order valence-electron chi connectivity index (χ2n) is 5.86. The van der Waals surface area contributed by atoms with E-state index in [1.807, 2.05) is 43.3 Å². The van der Waals surface area contributed by atoms with Gasteiger partial charge in [-0.2, -0.15) is 0 Å². The molecule has 1 atom stereocenters. The van der Waals surface area contributed by atoms with E-state index in [0.717, 1.165) is 36.6 Å². The summed E-state index contributed by atoms with van der Waals surface area (Å²) in [4.78, 5) is 12.4. The summed E-state index contributed by atoms with van der Waals surface area (Å²) in [6.07, 6.45) is 0.507. The molecule has 0 bridgehead atoms. The Balaban J connectivity index is 1.61. The maximum absolute atomic E-state index is 12.4. The molecule has 1 N–H and O–H groups in total. The fourth-order valence-corrected chi connectivity index (χ4v) is 2.82. The number of morpholine rings is 1. The number of hydrogen-bond acceptors (Lipinski definition) is 4. The first-order valence-electron chi connectivity index (χ1n) is 8.43. The third kappa shape index (κ3) is 4.22. The smallest absolute Gasteiger partial charge is 0.167 e. The van der Waals surface area contributed by atoms with Crippen LogP contribution in [0, 0.1) is 0 Å². The Hall–Kier alpha value is -2.17. The molecule has 1 aliphatic rings. The normalized spacial score (nSPS) is 17.5. The molecule has 2 aromatic carbocycles. The molecule has 0 saturated carbocycles. The van der Waals surface area contributed by atoms with Crippen molar-refractivity contribution >= 4 is 5.78 Å². The Kier molecular flexibility index (Phi) is 5.62. The van der Waals surface area contributed by atoms with Crippen LogP contribution in [0.15, 0.2) is 48.5 Å². The minimum atomic E-state index is 0.106. The SMILES string of the molecule is CCOc1ccc(C(=O)Cc2ccc(C3CNCCO3)cc2)cc1. The lowest BCUT2D eigenvalue weighted by atomic mass is 10.0. The van der Waals surface area contributed by atoms with Crippen LogP contribution in [0.5, 0.6) is 5.75 Å². The molecule has 0 radical (unpaired) electrons. The van der Waals surface area contributed by atoms with Gasteiger partial charge < -0.3 is 14.8 Å². The Bertz CT molecular complexity index is 658. The maximum Gasteiger partial charge on any atom is 0.167 e. The molecule has 1 aliphatic heterocycles. The highest BCUT2D eigenvalue weighted by Crippen LogP contribution is 2.20. The quantitative estimate of drug-likeness (QED) is 0.829. The number of rotatable bonds is 6. The van der Waals surface area contributed by atoms with Gasteiger partial charge in [0.2, 0.25) is 0 Å². The van der Waals surface area contributed by atoms with E-state index in [1.54, 1.807) is 0 Å². The largest absolute Gasteiger partial charge is 0.494 e. The maximum atomic E-state index is 12.4. The minimum absolute atomic E-state index is 0.106. The third-order valence-electron chi connectivity index (χ3n) is 4.13. The van der Waals surface area contributed by atoms with Crippen LogP contribution in [0.4, 0.5) is 0 Å². The lowest BCUT2D eigenvalue weighted by Crippen LogP contribution is -2.33. The van der Waals surface area contributed by atoms with Crippen LogP contribution < -0.4 is 10.1 Å². The number of hydrogen-bond donors (Lipinski definition) is 1. The van der Waals surface area contributed by atoms with Crippen molar-refractivity contribution in [3.63, 3.8) is 0 Å². The molecule has 3 rings (SSSR count). The second-order valence-corrected chi connectivity index (χ2v) is 5.86. The molecular formula is C20H23NO3. The molecule has 4 heteroatoms. The minimum Gasteiger partial charge on any atom is -0.494 e. The van der Waals surface area contributed by atoms with E-state index in [2.05, 4.69) is 17.4 Å². The van der Waals surface area contributed by atoms with Crippen LogP contribution >= 0.6 is 0 Å². The van der Waals surface area contributed by atoms with Crippen LogP contribution in [-0.2, 0) is 11.2 Å². The van der Waals surface area contributed by atoms with Gasteiger partial charge in [0.1, 0.15) is 5.75 Å². The zero-order chi connectivity index (χ0) is 16.8. The van der Waals surface area contributed by atoms with E-state index >= 15 is 0 Å². The summed E-state index contributed by atoms with van der Waals surface area (Å²) < 4.78 is 11.1. The number of Topliss-reactive ketones (excluding diaryl/α,β-unsaturated/α-hetero) is 1. The van der Waals surface area contributed by atoms with Crippen molar-refractivity contribution < 1.29 is 14.3 Å². The van der Waals surface area contributed by atoms with Crippen molar-refractivity contribution in [1.82, 2.24) is 5.32 Å². The molecular weight excluding hydrogens is 302 g/mol.